The Balaban J connectivity index is 1.55. The van der Waals surface area contributed by atoms with E-state index in [2.05, 4.69) is 47.4 Å². The predicted molar refractivity (Wildman–Crippen MR) is 85.7 cm³/mol. The molecule has 108 valence electrons. The number of allylic oxidation sites excluding steroid dienone is 1. The van der Waals surface area contributed by atoms with Crippen molar-refractivity contribution in [3.05, 3.63) is 48.0 Å². The topological polar surface area (TPSA) is 3.24 Å². The van der Waals surface area contributed by atoms with E-state index in [1.807, 2.05) is 0 Å². The van der Waals surface area contributed by atoms with Gasteiger partial charge in [0.15, 0.2) is 0 Å². The molecule has 1 aromatic rings. The van der Waals surface area contributed by atoms with E-state index in [-0.39, 0.29) is 0 Å². The van der Waals surface area contributed by atoms with Gasteiger partial charge in [0.25, 0.3) is 0 Å². The van der Waals surface area contributed by atoms with E-state index in [1.54, 1.807) is 0 Å². The Hall–Kier alpha value is -1.08. The lowest BCUT2D eigenvalue weighted by Crippen LogP contribution is -2.23. The summed E-state index contributed by atoms with van der Waals surface area (Å²) in [5, 5.41) is 0. The summed E-state index contributed by atoms with van der Waals surface area (Å²) in [6.07, 6.45) is 14.8. The monoisotopic (exact) mass is 269 g/mol. The van der Waals surface area contributed by atoms with Crippen molar-refractivity contribution in [2.24, 2.45) is 5.92 Å². The molecule has 1 unspecified atom stereocenters. The number of nitrogens with zero attached hydrogens (tertiary/aromatic N) is 1. The Morgan fingerprint density at radius 1 is 0.950 bits per heavy atom. The van der Waals surface area contributed by atoms with Gasteiger partial charge in [0, 0.05) is 12.6 Å². The fourth-order valence-corrected chi connectivity index (χ4v) is 3.81. The van der Waals surface area contributed by atoms with Crippen molar-refractivity contribution in [2.45, 2.75) is 51.0 Å². The summed E-state index contributed by atoms with van der Waals surface area (Å²) >= 11 is 0. The Labute approximate surface area is 123 Å². The van der Waals surface area contributed by atoms with E-state index < -0.39 is 0 Å². The van der Waals surface area contributed by atoms with Crippen molar-refractivity contribution >= 4 is 0 Å². The first-order chi connectivity index (χ1) is 9.93. The number of likely N-dealkylation sites (tertiary alicyclic amines) is 1. The SMILES string of the molecule is C(=C\C1CCCCC1)/CN1CCCC1c1ccccc1. The van der Waals surface area contributed by atoms with Crippen LogP contribution in [0.4, 0.5) is 0 Å². The molecule has 0 bridgehead atoms. The Bertz CT molecular complexity index is 417. The van der Waals surface area contributed by atoms with Crippen molar-refractivity contribution in [1.82, 2.24) is 4.90 Å². The van der Waals surface area contributed by atoms with Gasteiger partial charge in [-0.05, 0) is 43.7 Å². The second-order valence-corrected chi connectivity index (χ2v) is 6.39. The van der Waals surface area contributed by atoms with E-state index >= 15 is 0 Å². The van der Waals surface area contributed by atoms with Crippen LogP contribution in [0.2, 0.25) is 0 Å². The van der Waals surface area contributed by atoms with Crippen molar-refractivity contribution in [3.63, 3.8) is 0 Å². The first-order valence-electron chi connectivity index (χ1n) is 8.39. The molecule has 1 atom stereocenters. The molecule has 0 aromatic heterocycles. The van der Waals surface area contributed by atoms with Crippen molar-refractivity contribution in [1.29, 1.82) is 0 Å². The van der Waals surface area contributed by atoms with Gasteiger partial charge in [-0.1, -0.05) is 61.7 Å². The first kappa shape index (κ1) is 13.9. The molecule has 0 N–H and O–H groups in total. The van der Waals surface area contributed by atoms with Crippen LogP contribution in [0.5, 0.6) is 0 Å². The highest BCUT2D eigenvalue weighted by atomic mass is 15.2. The zero-order valence-electron chi connectivity index (χ0n) is 12.5. The maximum absolute atomic E-state index is 2.65. The van der Waals surface area contributed by atoms with Crippen LogP contribution < -0.4 is 0 Å². The highest BCUT2D eigenvalue weighted by Crippen LogP contribution is 2.31. The third-order valence-electron chi connectivity index (χ3n) is 4.95. The van der Waals surface area contributed by atoms with Crippen LogP contribution in [0.1, 0.15) is 56.6 Å². The third kappa shape index (κ3) is 3.52. The number of benzene rings is 1. The zero-order valence-corrected chi connectivity index (χ0v) is 12.5. The summed E-state index contributed by atoms with van der Waals surface area (Å²) in [6.45, 7) is 2.39. The molecule has 1 aliphatic heterocycles. The fourth-order valence-electron chi connectivity index (χ4n) is 3.81. The molecule has 0 spiro atoms. The molecular weight excluding hydrogens is 242 g/mol. The van der Waals surface area contributed by atoms with Gasteiger partial charge in [-0.3, -0.25) is 4.90 Å². The largest absolute Gasteiger partial charge is 0.293 e. The summed E-state index contributed by atoms with van der Waals surface area (Å²) in [7, 11) is 0. The molecule has 2 fully saturated rings. The van der Waals surface area contributed by atoms with E-state index in [0.717, 1.165) is 12.5 Å². The van der Waals surface area contributed by atoms with Gasteiger partial charge in [-0.2, -0.15) is 0 Å². The molecule has 0 amide bonds. The second-order valence-electron chi connectivity index (χ2n) is 6.39. The first-order valence-corrected chi connectivity index (χ1v) is 8.39. The molecule has 1 saturated carbocycles. The van der Waals surface area contributed by atoms with Crippen molar-refractivity contribution < 1.29 is 0 Å². The Morgan fingerprint density at radius 3 is 2.55 bits per heavy atom. The molecule has 1 heterocycles. The van der Waals surface area contributed by atoms with Gasteiger partial charge in [-0.15, -0.1) is 0 Å². The molecule has 1 nitrogen and oxygen atoms in total. The molecule has 0 radical (unpaired) electrons. The van der Waals surface area contributed by atoms with Crippen LogP contribution in [0.3, 0.4) is 0 Å². The second kappa shape index (κ2) is 7.08. The summed E-state index contributed by atoms with van der Waals surface area (Å²) in [6, 6.07) is 11.7. The average molecular weight is 269 g/mol. The van der Waals surface area contributed by atoms with E-state index in [9.17, 15) is 0 Å². The fraction of sp³-hybridized carbons (Fsp3) is 0.579. The summed E-state index contributed by atoms with van der Waals surface area (Å²) in [4.78, 5) is 2.65. The minimum Gasteiger partial charge on any atom is -0.293 e. The van der Waals surface area contributed by atoms with Crippen LogP contribution in [0.25, 0.3) is 0 Å². The lowest BCUT2D eigenvalue weighted by Gasteiger charge is -2.24. The molecule has 1 heteroatoms. The zero-order chi connectivity index (χ0) is 13.6. The molecule has 1 saturated heterocycles. The highest BCUT2D eigenvalue weighted by Gasteiger charge is 2.24. The summed E-state index contributed by atoms with van der Waals surface area (Å²) < 4.78 is 0. The van der Waals surface area contributed by atoms with E-state index in [1.165, 1.54) is 57.1 Å². The van der Waals surface area contributed by atoms with Gasteiger partial charge in [0.1, 0.15) is 0 Å². The standard InChI is InChI=1S/C19H27N/c1-3-9-17(10-4-1)11-7-15-20-16-8-14-19(20)18-12-5-2-6-13-18/h2,5-7,11-13,17,19H,1,3-4,8-10,14-16H2/b11-7+. The Kier molecular flexibility index (Phi) is 4.91. The molecule has 2 aliphatic rings. The highest BCUT2D eigenvalue weighted by molar-refractivity contribution is 5.20. The molecule has 1 aliphatic carbocycles. The van der Waals surface area contributed by atoms with Gasteiger partial charge in [0.05, 0.1) is 0 Å². The number of rotatable bonds is 4. The smallest absolute Gasteiger partial charge is 0.0351 e. The number of hydrogen-bond donors (Lipinski definition) is 0. The molecular formula is C19H27N. The van der Waals surface area contributed by atoms with Crippen LogP contribution in [-0.4, -0.2) is 18.0 Å². The normalized spacial score (nSPS) is 25.5. The lowest BCUT2D eigenvalue weighted by molar-refractivity contribution is 0.284. The minimum atomic E-state index is 0.646. The van der Waals surface area contributed by atoms with Crippen LogP contribution in [0, 0.1) is 5.92 Å². The van der Waals surface area contributed by atoms with Gasteiger partial charge in [0.2, 0.25) is 0 Å². The minimum absolute atomic E-state index is 0.646. The van der Waals surface area contributed by atoms with Gasteiger partial charge >= 0.3 is 0 Å². The number of hydrogen-bond acceptors (Lipinski definition) is 1. The van der Waals surface area contributed by atoms with Gasteiger partial charge < -0.3 is 0 Å². The van der Waals surface area contributed by atoms with E-state index in [0.29, 0.717) is 6.04 Å². The van der Waals surface area contributed by atoms with Crippen molar-refractivity contribution in [2.75, 3.05) is 13.1 Å². The maximum Gasteiger partial charge on any atom is 0.0351 e. The quantitative estimate of drug-likeness (QED) is 0.698. The van der Waals surface area contributed by atoms with Crippen molar-refractivity contribution in [3.8, 4) is 0 Å². The van der Waals surface area contributed by atoms with E-state index in [4.69, 9.17) is 0 Å². The van der Waals surface area contributed by atoms with Crippen LogP contribution in [0.15, 0.2) is 42.5 Å². The average Bonchev–Trinajstić information content (AvgIpc) is 2.98. The van der Waals surface area contributed by atoms with Crippen LogP contribution >= 0.6 is 0 Å². The third-order valence-corrected chi connectivity index (χ3v) is 4.95. The maximum atomic E-state index is 2.65. The molecule has 1 aromatic carbocycles. The lowest BCUT2D eigenvalue weighted by atomic mass is 9.89. The summed E-state index contributed by atoms with van der Waals surface area (Å²) in [5.41, 5.74) is 1.50. The summed E-state index contributed by atoms with van der Waals surface area (Å²) in [5.74, 6) is 0.863. The molecule has 20 heavy (non-hydrogen) atoms. The molecule has 3 rings (SSSR count). The Morgan fingerprint density at radius 2 is 1.75 bits per heavy atom. The predicted octanol–water partition coefficient (Wildman–Crippen LogP) is 4.96. The van der Waals surface area contributed by atoms with Crippen LogP contribution in [-0.2, 0) is 0 Å². The van der Waals surface area contributed by atoms with Gasteiger partial charge in [-0.25, -0.2) is 0 Å².